The van der Waals surface area contributed by atoms with Crippen molar-refractivity contribution in [2.45, 2.75) is 13.7 Å². The molecule has 0 aliphatic carbocycles. The fourth-order valence-corrected chi connectivity index (χ4v) is 2.67. The second-order valence-corrected chi connectivity index (χ2v) is 6.41. The predicted octanol–water partition coefficient (Wildman–Crippen LogP) is 7.22. The summed E-state index contributed by atoms with van der Waals surface area (Å²) in [6.45, 7) is 5.40. The Bertz CT molecular complexity index is 1820. The molecule has 0 radical (unpaired) electrons. The Morgan fingerprint density at radius 1 is 1.29 bits per heavy atom. The van der Waals surface area contributed by atoms with E-state index in [0.29, 0.717) is 22.0 Å². The number of hydrogen-bond acceptors (Lipinski definition) is 3. The molecule has 3 heterocycles. The quantitative estimate of drug-likeness (QED) is 0.128. The standard InChI is InChI=1S/C18H14N2O.C11H10N.Ir/c1-11(2)7-10-16(19)15-6-4-5-13-14-9-8-12(3)20-18(14)21-17(13)15;1-3-4-7-10(2)11-8-5-6-9-12-11;/h4-5,7-10H,1H2,2-3H3;3-6,8-9H,1-2H2;/q-2;-1;+3/b10-7-;;/i2D3,3D3,7D,10D;5D,8D;. The molecule has 4 aromatic rings. The van der Waals surface area contributed by atoms with Gasteiger partial charge in [0, 0.05) is 32.5 Å². The molecule has 0 amide bonds. The first-order valence-electron chi connectivity index (χ1n) is 14.5. The van der Waals surface area contributed by atoms with E-state index in [1.165, 1.54) is 30.5 Å². The van der Waals surface area contributed by atoms with Crippen molar-refractivity contribution in [2.75, 3.05) is 0 Å². The largest absolute Gasteiger partial charge is 3.00 e. The minimum Gasteiger partial charge on any atom is -0.855 e. The zero-order chi connectivity index (χ0) is 32.3. The smallest absolute Gasteiger partial charge is 0.855 e. The van der Waals surface area contributed by atoms with Crippen LogP contribution in [0, 0.1) is 19.0 Å². The second-order valence-electron chi connectivity index (χ2n) is 6.41. The SMILES string of the molecule is [2H]/C(C(=C)C([2H])([2H])[2H])=C(\[2H])C(=[N-])c1[c-]ccc2c1oc1nc(C([2H])([2H])[2H])ccc12.[2H]c1ccnc(C(=C)[C-]=CC=C)c1[2H].[Ir+3]. The van der Waals surface area contributed by atoms with Gasteiger partial charge >= 0.3 is 20.1 Å². The van der Waals surface area contributed by atoms with Gasteiger partial charge in [-0.05, 0) is 37.6 Å². The van der Waals surface area contributed by atoms with E-state index in [1.807, 2.05) is 0 Å². The van der Waals surface area contributed by atoms with Gasteiger partial charge in [0.05, 0.1) is 4.11 Å². The summed E-state index contributed by atoms with van der Waals surface area (Å²) in [6, 6.07) is 8.83. The molecule has 0 atom stereocenters. The Hall–Kier alpha value is -3.66. The van der Waals surface area contributed by atoms with Crippen LogP contribution in [0.2, 0.25) is 0 Å². The van der Waals surface area contributed by atoms with Crippen LogP contribution >= 0.6 is 0 Å². The average molecular weight is 633 g/mol. The third kappa shape index (κ3) is 6.67. The maximum atomic E-state index is 10.5. The molecule has 0 aliphatic heterocycles. The van der Waals surface area contributed by atoms with Crippen LogP contribution in [-0.2, 0) is 20.1 Å². The van der Waals surface area contributed by atoms with Crippen LogP contribution in [0.3, 0.4) is 0 Å². The average Bonchev–Trinajstić information content (AvgIpc) is 3.33. The molecule has 0 spiro atoms. The summed E-state index contributed by atoms with van der Waals surface area (Å²) in [5.74, 6) is 0. The molecule has 4 rings (SSSR count). The van der Waals surface area contributed by atoms with E-state index in [9.17, 15) is 5.41 Å². The van der Waals surface area contributed by atoms with Crippen molar-refractivity contribution in [1.82, 2.24) is 9.97 Å². The number of fused-ring (bicyclic) bond motifs is 3. The van der Waals surface area contributed by atoms with Gasteiger partial charge in [-0.1, -0.05) is 35.7 Å². The van der Waals surface area contributed by atoms with Crippen molar-refractivity contribution < 1.29 is 38.2 Å². The Morgan fingerprint density at radius 3 is 2.91 bits per heavy atom. The maximum Gasteiger partial charge on any atom is 3.00 e. The van der Waals surface area contributed by atoms with Gasteiger partial charge in [-0.3, -0.25) is 0 Å². The number of benzene rings is 1. The van der Waals surface area contributed by atoms with Gasteiger partial charge in [0.2, 0.25) is 5.71 Å². The van der Waals surface area contributed by atoms with Gasteiger partial charge in [0.1, 0.15) is 0 Å². The second kappa shape index (κ2) is 12.5. The summed E-state index contributed by atoms with van der Waals surface area (Å²) >= 11 is 0. The number of pyridine rings is 2. The van der Waals surface area contributed by atoms with Gasteiger partial charge in [0.25, 0.3) is 0 Å². The normalized spacial score (nSPS) is 16.2. The number of rotatable bonds is 6. The number of aromatic nitrogens is 2. The number of nitrogens with zero attached hydrogens (tertiary/aromatic N) is 3. The summed E-state index contributed by atoms with van der Waals surface area (Å²) in [7, 11) is 0. The minimum atomic E-state index is -2.69. The first-order chi connectivity index (χ1) is 20.0. The van der Waals surface area contributed by atoms with Crippen LogP contribution < -0.4 is 0 Å². The van der Waals surface area contributed by atoms with E-state index in [1.54, 1.807) is 18.2 Å². The number of allylic oxidation sites excluding steroid dienone is 7. The van der Waals surface area contributed by atoms with Crippen LogP contribution in [0.25, 0.3) is 33.1 Å². The van der Waals surface area contributed by atoms with Gasteiger partial charge in [0.15, 0.2) is 0 Å². The first kappa shape index (κ1) is 15.3. The van der Waals surface area contributed by atoms with E-state index in [4.69, 9.17) is 18.1 Å². The maximum absolute atomic E-state index is 10.5. The van der Waals surface area contributed by atoms with E-state index in [2.05, 4.69) is 41.8 Å². The molecule has 0 saturated carbocycles. The first-order valence-corrected chi connectivity index (χ1v) is 9.49. The monoisotopic (exact) mass is 633 g/mol. The summed E-state index contributed by atoms with van der Waals surface area (Å²) in [6.07, 6.45) is 7.46. The molecule has 0 N–H and O–H groups in total. The molecular weight excluding hydrogens is 599 g/mol. The van der Waals surface area contributed by atoms with Crippen LogP contribution in [0.5, 0.6) is 0 Å². The number of aryl methyl sites for hydroxylation is 1. The summed E-state index contributed by atoms with van der Waals surface area (Å²) < 4.78 is 80.8. The molecule has 34 heavy (non-hydrogen) atoms. The topological polar surface area (TPSA) is 61.2 Å². The molecule has 3 aromatic heterocycles. The number of hydrogen-bond donors (Lipinski definition) is 0. The van der Waals surface area contributed by atoms with Crippen molar-refractivity contribution in [3.8, 4) is 0 Å². The summed E-state index contributed by atoms with van der Waals surface area (Å²) in [5.41, 5.74) is -0.575. The molecule has 0 aliphatic rings. The van der Waals surface area contributed by atoms with Gasteiger partial charge in [-0.2, -0.15) is 6.58 Å². The fraction of sp³-hybridized carbons (Fsp3) is 0.0690. The Balaban J connectivity index is 0.000000380. The molecule has 0 fully saturated rings. The molecule has 0 saturated heterocycles. The van der Waals surface area contributed by atoms with Crippen LogP contribution in [0.1, 0.15) is 37.5 Å². The molecule has 5 heteroatoms. The van der Waals surface area contributed by atoms with E-state index in [-0.39, 0.29) is 54.7 Å². The van der Waals surface area contributed by atoms with Crippen LogP contribution in [0.15, 0.2) is 103 Å². The van der Waals surface area contributed by atoms with Gasteiger partial charge < -0.3 is 14.8 Å². The Kier molecular flexibility index (Phi) is 5.64. The zero-order valence-electron chi connectivity index (χ0n) is 27.8. The molecule has 0 unspecified atom stereocenters. The van der Waals surface area contributed by atoms with Crippen molar-refractivity contribution in [3.63, 3.8) is 0 Å². The molecule has 4 nitrogen and oxygen atoms in total. The fourth-order valence-electron chi connectivity index (χ4n) is 2.67. The third-order valence-electron chi connectivity index (χ3n) is 4.08. The van der Waals surface area contributed by atoms with Crippen molar-refractivity contribution >= 4 is 33.4 Å². The van der Waals surface area contributed by atoms with Gasteiger partial charge in [-0.15, -0.1) is 60.2 Å². The van der Waals surface area contributed by atoms with Crippen molar-refractivity contribution in [2.24, 2.45) is 0 Å². The minimum absolute atomic E-state index is 0. The third-order valence-corrected chi connectivity index (χ3v) is 4.08. The summed E-state index contributed by atoms with van der Waals surface area (Å²) in [4.78, 5) is 7.97. The number of furan rings is 1. The Labute approximate surface area is 228 Å². The molecule has 170 valence electrons. The van der Waals surface area contributed by atoms with E-state index >= 15 is 0 Å². The van der Waals surface area contributed by atoms with Gasteiger partial charge in [-0.25, -0.2) is 10.7 Å². The van der Waals surface area contributed by atoms with Crippen LogP contribution in [0.4, 0.5) is 0 Å². The van der Waals surface area contributed by atoms with Crippen molar-refractivity contribution in [1.29, 1.82) is 0 Å². The molecule has 0 bridgehead atoms. The molecule has 1 aromatic carbocycles. The summed E-state index contributed by atoms with van der Waals surface area (Å²) in [5, 5.41) is 11.5. The Morgan fingerprint density at radius 2 is 2.15 bits per heavy atom. The zero-order valence-corrected chi connectivity index (χ0v) is 20.2. The van der Waals surface area contributed by atoms with E-state index in [0.717, 1.165) is 0 Å². The van der Waals surface area contributed by atoms with Crippen LogP contribution in [-0.4, -0.2) is 15.7 Å². The van der Waals surface area contributed by atoms with E-state index < -0.39 is 37.1 Å². The van der Waals surface area contributed by atoms with Crippen molar-refractivity contribution in [3.05, 3.63) is 133 Å². The molecular formula is C29H24IrN3O. The predicted molar refractivity (Wildman–Crippen MR) is 138 cm³/mol.